The molecule has 1 aromatic heterocycles. The van der Waals surface area contributed by atoms with Crippen molar-refractivity contribution in [2.24, 2.45) is 0 Å². The molecule has 7 nitrogen and oxygen atoms in total. The highest BCUT2D eigenvalue weighted by molar-refractivity contribution is 5.95. The van der Waals surface area contributed by atoms with Crippen LogP contribution in [0.15, 0.2) is 18.5 Å². The largest absolute Gasteiger partial charge is 0.478 e. The molecule has 0 aromatic carbocycles. The van der Waals surface area contributed by atoms with Crippen molar-refractivity contribution in [3.63, 3.8) is 0 Å². The molecule has 0 bridgehead atoms. The van der Waals surface area contributed by atoms with Crippen LogP contribution in [-0.4, -0.2) is 48.3 Å². The van der Waals surface area contributed by atoms with Crippen molar-refractivity contribution in [1.82, 2.24) is 10.3 Å². The molecular formula is C12H17N3O4. The molecule has 7 heteroatoms. The van der Waals surface area contributed by atoms with Crippen molar-refractivity contribution < 1.29 is 19.4 Å². The summed E-state index contributed by atoms with van der Waals surface area (Å²) in [6, 6.07) is 0.958. The number of pyridine rings is 1. The lowest BCUT2D eigenvalue weighted by atomic mass is 10.2. The van der Waals surface area contributed by atoms with Crippen LogP contribution in [0.2, 0.25) is 0 Å². The number of aromatic carboxylic acids is 1. The number of ether oxygens (including phenoxy) is 1. The molecule has 19 heavy (non-hydrogen) atoms. The fourth-order valence-electron chi connectivity index (χ4n) is 1.42. The minimum atomic E-state index is -1.09. The molecule has 1 unspecified atom stereocenters. The van der Waals surface area contributed by atoms with Crippen LogP contribution >= 0.6 is 0 Å². The predicted octanol–water partition coefficient (Wildman–Crippen LogP) is 0.343. The highest BCUT2D eigenvalue weighted by Gasteiger charge is 2.16. The van der Waals surface area contributed by atoms with Gasteiger partial charge in [0, 0.05) is 26.0 Å². The number of rotatable bonds is 7. The summed E-state index contributed by atoms with van der Waals surface area (Å²) in [6.07, 6.45) is 2.70. The lowest BCUT2D eigenvalue weighted by molar-refractivity contribution is -0.121. The Hall–Kier alpha value is -2.15. The van der Waals surface area contributed by atoms with Crippen LogP contribution in [0.25, 0.3) is 0 Å². The number of carbonyl (C=O) groups excluding carboxylic acids is 1. The Morgan fingerprint density at radius 1 is 1.53 bits per heavy atom. The van der Waals surface area contributed by atoms with Gasteiger partial charge >= 0.3 is 5.97 Å². The molecule has 0 aliphatic heterocycles. The average Bonchev–Trinajstić information content (AvgIpc) is 2.39. The second kappa shape index (κ2) is 7.32. The molecular weight excluding hydrogens is 250 g/mol. The lowest BCUT2D eigenvalue weighted by Gasteiger charge is -2.16. The van der Waals surface area contributed by atoms with E-state index in [1.165, 1.54) is 18.5 Å². The van der Waals surface area contributed by atoms with Gasteiger partial charge in [0.2, 0.25) is 5.91 Å². The van der Waals surface area contributed by atoms with Gasteiger partial charge in [-0.15, -0.1) is 0 Å². The van der Waals surface area contributed by atoms with Gasteiger partial charge in [0.25, 0.3) is 0 Å². The van der Waals surface area contributed by atoms with E-state index in [1.807, 2.05) is 0 Å². The maximum atomic E-state index is 11.7. The Morgan fingerprint density at radius 3 is 2.89 bits per heavy atom. The predicted molar refractivity (Wildman–Crippen MR) is 69.2 cm³/mol. The zero-order valence-electron chi connectivity index (χ0n) is 10.8. The Kier molecular flexibility index (Phi) is 5.74. The molecule has 0 aliphatic carbocycles. The smallest absolute Gasteiger partial charge is 0.339 e. The number of nitrogens with zero attached hydrogens (tertiary/aromatic N) is 1. The first kappa shape index (κ1) is 14.9. The van der Waals surface area contributed by atoms with Crippen molar-refractivity contribution in [2.75, 3.05) is 25.6 Å². The Morgan fingerprint density at radius 2 is 2.26 bits per heavy atom. The normalized spacial score (nSPS) is 11.7. The second-order valence-corrected chi connectivity index (χ2v) is 3.88. The van der Waals surface area contributed by atoms with Gasteiger partial charge in [-0.2, -0.15) is 0 Å². The molecule has 0 saturated carbocycles. The van der Waals surface area contributed by atoms with Crippen molar-refractivity contribution in [3.05, 3.63) is 24.0 Å². The standard InChI is InChI=1S/C12H17N3O4/c1-8(11(16)14-5-6-19-2)15-10-3-4-13-7-9(10)12(17)18/h3-4,7-8H,5-6H2,1-2H3,(H,13,15)(H,14,16)(H,17,18). The van der Waals surface area contributed by atoms with E-state index in [1.54, 1.807) is 14.0 Å². The molecule has 104 valence electrons. The van der Waals surface area contributed by atoms with Crippen LogP contribution in [0.1, 0.15) is 17.3 Å². The fourth-order valence-corrected chi connectivity index (χ4v) is 1.42. The van der Waals surface area contributed by atoms with E-state index in [2.05, 4.69) is 15.6 Å². The van der Waals surface area contributed by atoms with Gasteiger partial charge in [-0.1, -0.05) is 0 Å². The Balaban J connectivity index is 2.63. The zero-order valence-corrected chi connectivity index (χ0v) is 10.8. The van der Waals surface area contributed by atoms with E-state index < -0.39 is 12.0 Å². The number of carboxylic acids is 1. The summed E-state index contributed by atoms with van der Waals surface area (Å²) in [5.74, 6) is -1.33. The number of carbonyl (C=O) groups is 2. The van der Waals surface area contributed by atoms with Crippen molar-refractivity contribution >= 4 is 17.6 Å². The first-order valence-electron chi connectivity index (χ1n) is 5.76. The third-order valence-electron chi connectivity index (χ3n) is 2.42. The van der Waals surface area contributed by atoms with Crippen LogP contribution in [-0.2, 0) is 9.53 Å². The topological polar surface area (TPSA) is 101 Å². The summed E-state index contributed by atoms with van der Waals surface area (Å²) in [5, 5.41) is 14.5. The monoisotopic (exact) mass is 267 g/mol. The molecule has 0 fully saturated rings. The van der Waals surface area contributed by atoms with Crippen LogP contribution in [0.3, 0.4) is 0 Å². The first-order valence-corrected chi connectivity index (χ1v) is 5.76. The minimum absolute atomic E-state index is 0.0269. The van der Waals surface area contributed by atoms with Gasteiger partial charge in [0.1, 0.15) is 11.6 Å². The fraction of sp³-hybridized carbons (Fsp3) is 0.417. The van der Waals surface area contributed by atoms with Gasteiger partial charge in [0.05, 0.1) is 12.3 Å². The van der Waals surface area contributed by atoms with E-state index >= 15 is 0 Å². The van der Waals surface area contributed by atoms with Gasteiger partial charge in [-0.05, 0) is 13.0 Å². The quantitative estimate of drug-likeness (QED) is 0.616. The molecule has 0 aliphatic rings. The molecule has 1 amide bonds. The van der Waals surface area contributed by atoms with Gasteiger partial charge in [-0.25, -0.2) is 4.79 Å². The van der Waals surface area contributed by atoms with Crippen molar-refractivity contribution in [3.8, 4) is 0 Å². The molecule has 0 spiro atoms. The van der Waals surface area contributed by atoms with Crippen LogP contribution in [0.4, 0.5) is 5.69 Å². The molecule has 0 saturated heterocycles. The number of anilines is 1. The highest BCUT2D eigenvalue weighted by Crippen LogP contribution is 2.14. The number of hydrogen-bond acceptors (Lipinski definition) is 5. The number of nitrogens with one attached hydrogen (secondary N) is 2. The summed E-state index contributed by atoms with van der Waals surface area (Å²) in [4.78, 5) is 26.4. The third-order valence-corrected chi connectivity index (χ3v) is 2.42. The highest BCUT2D eigenvalue weighted by atomic mass is 16.5. The van der Waals surface area contributed by atoms with Crippen LogP contribution in [0, 0.1) is 0 Å². The summed E-state index contributed by atoms with van der Waals surface area (Å²) in [5.41, 5.74) is 0.385. The van der Waals surface area contributed by atoms with Crippen molar-refractivity contribution in [1.29, 1.82) is 0 Å². The maximum absolute atomic E-state index is 11.7. The lowest BCUT2D eigenvalue weighted by Crippen LogP contribution is -2.39. The van der Waals surface area contributed by atoms with Crippen LogP contribution in [0.5, 0.6) is 0 Å². The van der Waals surface area contributed by atoms with E-state index in [0.717, 1.165) is 0 Å². The second-order valence-electron chi connectivity index (χ2n) is 3.88. The summed E-state index contributed by atoms with van der Waals surface area (Å²) < 4.78 is 4.82. The summed E-state index contributed by atoms with van der Waals surface area (Å²) in [6.45, 7) is 2.48. The van der Waals surface area contributed by atoms with Gasteiger partial charge in [-0.3, -0.25) is 9.78 Å². The molecule has 3 N–H and O–H groups in total. The van der Waals surface area contributed by atoms with Crippen LogP contribution < -0.4 is 10.6 Å². The number of carboxylic acid groups (broad SMARTS) is 1. The van der Waals surface area contributed by atoms with E-state index in [9.17, 15) is 9.59 Å². The first-order chi connectivity index (χ1) is 9.06. The Bertz CT molecular complexity index is 450. The number of hydrogen-bond donors (Lipinski definition) is 3. The number of amides is 1. The summed E-state index contributed by atoms with van der Waals surface area (Å²) >= 11 is 0. The van der Waals surface area contributed by atoms with E-state index in [0.29, 0.717) is 18.8 Å². The SMILES string of the molecule is COCCNC(=O)C(C)Nc1ccncc1C(=O)O. The molecule has 1 aromatic rings. The zero-order chi connectivity index (χ0) is 14.3. The number of aromatic nitrogens is 1. The molecule has 1 heterocycles. The van der Waals surface area contributed by atoms with Gasteiger partial charge in [0.15, 0.2) is 0 Å². The molecule has 1 atom stereocenters. The maximum Gasteiger partial charge on any atom is 0.339 e. The minimum Gasteiger partial charge on any atom is -0.478 e. The van der Waals surface area contributed by atoms with E-state index in [-0.39, 0.29) is 11.5 Å². The van der Waals surface area contributed by atoms with Gasteiger partial charge < -0.3 is 20.5 Å². The third kappa shape index (κ3) is 4.55. The number of methoxy groups -OCH3 is 1. The van der Waals surface area contributed by atoms with E-state index in [4.69, 9.17) is 9.84 Å². The average molecular weight is 267 g/mol. The van der Waals surface area contributed by atoms with Crippen molar-refractivity contribution in [2.45, 2.75) is 13.0 Å². The Labute approximate surface area is 111 Å². The molecule has 1 rings (SSSR count). The molecule has 0 radical (unpaired) electrons. The summed E-state index contributed by atoms with van der Waals surface area (Å²) in [7, 11) is 1.55.